The molecule has 0 bridgehead atoms. The highest BCUT2D eigenvalue weighted by atomic mass is 16.4. The first kappa shape index (κ1) is 10.6. The zero-order valence-electron chi connectivity index (χ0n) is 7.92. The summed E-state index contributed by atoms with van der Waals surface area (Å²) in [6.45, 7) is 0. The molecule has 10 heteroatoms. The van der Waals surface area contributed by atoms with E-state index in [1.54, 1.807) is 4.98 Å². The number of aromatic nitrogens is 4. The summed E-state index contributed by atoms with van der Waals surface area (Å²) in [5.74, 6) is -2.11. The molecule has 0 fully saturated rings. The zero-order valence-corrected chi connectivity index (χ0v) is 7.92. The molecular formula is C7H4N4O6. The van der Waals surface area contributed by atoms with E-state index in [4.69, 9.17) is 10.2 Å². The molecule has 0 unspecified atom stereocenters. The molecule has 0 aliphatic carbocycles. The summed E-state index contributed by atoms with van der Waals surface area (Å²) in [6, 6.07) is 0. The molecule has 17 heavy (non-hydrogen) atoms. The van der Waals surface area contributed by atoms with Crippen molar-refractivity contribution in [1.82, 2.24) is 19.5 Å². The summed E-state index contributed by atoms with van der Waals surface area (Å²) < 4.78 is 0.139. The van der Waals surface area contributed by atoms with Gasteiger partial charge in [0.25, 0.3) is 5.56 Å². The van der Waals surface area contributed by atoms with Gasteiger partial charge in [0.2, 0.25) is 5.82 Å². The zero-order chi connectivity index (χ0) is 12.7. The van der Waals surface area contributed by atoms with Crippen LogP contribution in [0.5, 0.6) is 0 Å². The molecule has 0 aliphatic heterocycles. The number of nitrogens with one attached hydrogen (secondary N) is 2. The Morgan fingerprint density at radius 3 is 2.35 bits per heavy atom. The highest BCUT2D eigenvalue weighted by molar-refractivity contribution is 5.89. The van der Waals surface area contributed by atoms with Gasteiger partial charge in [-0.15, -0.1) is 0 Å². The van der Waals surface area contributed by atoms with Crippen molar-refractivity contribution in [1.29, 1.82) is 0 Å². The van der Waals surface area contributed by atoms with E-state index in [-0.39, 0.29) is 4.57 Å². The molecule has 2 rings (SSSR count). The number of aromatic carboxylic acids is 1. The topological polar surface area (TPSA) is 158 Å². The van der Waals surface area contributed by atoms with Crippen LogP contribution in [0.3, 0.4) is 0 Å². The van der Waals surface area contributed by atoms with Crippen LogP contribution < -0.4 is 11.2 Å². The number of carboxylic acid groups (broad SMARTS) is 2. The lowest BCUT2D eigenvalue weighted by Crippen LogP contribution is -2.33. The Hall–Kier alpha value is -2.91. The molecular weight excluding hydrogens is 236 g/mol. The maximum absolute atomic E-state index is 11.3. The Labute approximate surface area is 90.2 Å². The molecule has 0 saturated heterocycles. The van der Waals surface area contributed by atoms with E-state index in [1.165, 1.54) is 0 Å². The minimum absolute atomic E-state index is 0.139. The predicted molar refractivity (Wildman–Crippen MR) is 51.4 cm³/mol. The molecule has 0 spiro atoms. The maximum Gasteiger partial charge on any atom is 0.421 e. The van der Waals surface area contributed by atoms with Crippen LogP contribution in [-0.4, -0.2) is 41.8 Å². The van der Waals surface area contributed by atoms with Crippen molar-refractivity contribution in [3.05, 3.63) is 26.7 Å². The van der Waals surface area contributed by atoms with Crippen LogP contribution >= 0.6 is 0 Å². The van der Waals surface area contributed by atoms with Gasteiger partial charge in [0.15, 0.2) is 11.2 Å². The van der Waals surface area contributed by atoms with Crippen LogP contribution in [0, 0.1) is 0 Å². The Morgan fingerprint density at radius 1 is 1.18 bits per heavy atom. The number of fused-ring (bicyclic) bond motifs is 1. The number of aromatic amines is 2. The summed E-state index contributed by atoms with van der Waals surface area (Å²) >= 11 is 0. The third-order valence-electron chi connectivity index (χ3n) is 1.94. The first-order valence-corrected chi connectivity index (χ1v) is 4.13. The van der Waals surface area contributed by atoms with Crippen LogP contribution in [0.2, 0.25) is 0 Å². The average Bonchev–Trinajstić information content (AvgIpc) is 2.61. The van der Waals surface area contributed by atoms with Crippen LogP contribution in [0.25, 0.3) is 11.2 Å². The fourth-order valence-corrected chi connectivity index (χ4v) is 1.27. The van der Waals surface area contributed by atoms with Gasteiger partial charge in [-0.3, -0.25) is 9.78 Å². The second-order valence-electron chi connectivity index (χ2n) is 2.97. The Kier molecular flexibility index (Phi) is 2.06. The lowest BCUT2D eigenvalue weighted by molar-refractivity contribution is 0.0685. The molecule has 4 N–H and O–H groups in total. The van der Waals surface area contributed by atoms with E-state index in [1.807, 2.05) is 0 Å². The average molecular weight is 240 g/mol. The number of carbonyl (C=O) groups is 2. The Morgan fingerprint density at radius 2 is 1.82 bits per heavy atom. The smallest absolute Gasteiger partial charge is 0.421 e. The summed E-state index contributed by atoms with van der Waals surface area (Å²) in [5.41, 5.74) is -3.10. The minimum atomic E-state index is -1.68. The van der Waals surface area contributed by atoms with Crippen molar-refractivity contribution in [3.8, 4) is 0 Å². The van der Waals surface area contributed by atoms with Gasteiger partial charge >= 0.3 is 17.8 Å². The second kappa shape index (κ2) is 3.30. The van der Waals surface area contributed by atoms with Gasteiger partial charge < -0.3 is 15.2 Å². The van der Waals surface area contributed by atoms with Crippen LogP contribution in [0.15, 0.2) is 9.59 Å². The quantitative estimate of drug-likeness (QED) is 0.478. The fraction of sp³-hybridized carbons (Fsp3) is 0. The SMILES string of the molecule is O=C(O)c1nc2c([nH]1)c(=O)[nH]c(=O)n2C(=O)O. The largest absolute Gasteiger partial charge is 0.475 e. The number of rotatable bonds is 1. The van der Waals surface area contributed by atoms with Crippen molar-refractivity contribution in [3.63, 3.8) is 0 Å². The molecule has 10 nitrogen and oxygen atoms in total. The van der Waals surface area contributed by atoms with E-state index in [9.17, 15) is 19.2 Å². The second-order valence-corrected chi connectivity index (χ2v) is 2.97. The molecule has 0 saturated carbocycles. The van der Waals surface area contributed by atoms with Crippen LogP contribution in [-0.2, 0) is 0 Å². The van der Waals surface area contributed by atoms with Crippen molar-refractivity contribution >= 4 is 23.2 Å². The van der Waals surface area contributed by atoms with Gasteiger partial charge in [0, 0.05) is 0 Å². The molecule has 2 heterocycles. The summed E-state index contributed by atoms with van der Waals surface area (Å²) in [5, 5.41) is 17.4. The highest BCUT2D eigenvalue weighted by Crippen LogP contribution is 2.04. The number of H-pyrrole nitrogens is 2. The molecule has 0 aromatic carbocycles. The molecule has 0 atom stereocenters. The third kappa shape index (κ3) is 1.47. The summed E-state index contributed by atoms with van der Waals surface area (Å²) in [7, 11) is 0. The van der Waals surface area contributed by atoms with E-state index in [2.05, 4.69) is 9.97 Å². The predicted octanol–water partition coefficient (Wildman–Crippen LogP) is -1.36. The molecule has 0 amide bonds. The van der Waals surface area contributed by atoms with Gasteiger partial charge in [-0.2, -0.15) is 4.57 Å². The minimum Gasteiger partial charge on any atom is -0.475 e. The molecule has 88 valence electrons. The Bertz CT molecular complexity index is 750. The lowest BCUT2D eigenvalue weighted by Gasteiger charge is -1.96. The van der Waals surface area contributed by atoms with Gasteiger partial charge in [0.1, 0.15) is 0 Å². The Balaban J connectivity index is 3.01. The molecule has 0 radical (unpaired) electrons. The van der Waals surface area contributed by atoms with Gasteiger partial charge in [-0.25, -0.2) is 19.4 Å². The van der Waals surface area contributed by atoms with Gasteiger partial charge in [-0.05, 0) is 0 Å². The first-order chi connectivity index (χ1) is 7.91. The van der Waals surface area contributed by atoms with Crippen LogP contribution in [0.1, 0.15) is 10.6 Å². The van der Waals surface area contributed by atoms with E-state index < -0.39 is 40.3 Å². The van der Waals surface area contributed by atoms with E-state index >= 15 is 0 Å². The maximum atomic E-state index is 11.3. The van der Waals surface area contributed by atoms with E-state index in [0.717, 1.165) is 0 Å². The fourth-order valence-electron chi connectivity index (χ4n) is 1.27. The normalized spacial score (nSPS) is 10.6. The number of nitrogens with zero attached hydrogens (tertiary/aromatic N) is 2. The standard InChI is InChI=1S/C7H4N4O6/c12-4-1-3(9-2(8-1)5(13)14)11(7(16)17)6(15)10-4/h(H,8,9)(H,13,14)(H,16,17)(H,10,12,15). The third-order valence-corrected chi connectivity index (χ3v) is 1.94. The number of imidazole rings is 1. The summed E-state index contributed by atoms with van der Waals surface area (Å²) in [4.78, 5) is 51.0. The van der Waals surface area contributed by atoms with Crippen molar-refractivity contribution in [2.24, 2.45) is 0 Å². The monoisotopic (exact) mass is 240 g/mol. The molecule has 0 aliphatic rings. The van der Waals surface area contributed by atoms with E-state index in [0.29, 0.717) is 0 Å². The summed E-state index contributed by atoms with van der Waals surface area (Å²) in [6.07, 6.45) is -1.68. The van der Waals surface area contributed by atoms with Crippen LogP contribution in [0.4, 0.5) is 4.79 Å². The van der Waals surface area contributed by atoms with Gasteiger partial charge in [0.05, 0.1) is 0 Å². The number of hydrogen-bond donors (Lipinski definition) is 4. The first-order valence-electron chi connectivity index (χ1n) is 4.13. The lowest BCUT2D eigenvalue weighted by atomic mass is 10.5. The van der Waals surface area contributed by atoms with Crippen molar-refractivity contribution in [2.75, 3.05) is 0 Å². The number of carboxylic acids is 1. The molecule has 2 aromatic heterocycles. The van der Waals surface area contributed by atoms with Crippen molar-refractivity contribution in [2.45, 2.75) is 0 Å². The number of hydrogen-bond acceptors (Lipinski definition) is 5. The molecule has 2 aromatic rings. The van der Waals surface area contributed by atoms with Gasteiger partial charge in [-0.1, -0.05) is 0 Å². The van der Waals surface area contributed by atoms with Crippen molar-refractivity contribution < 1.29 is 19.8 Å². The highest BCUT2D eigenvalue weighted by Gasteiger charge is 2.19.